The Morgan fingerprint density at radius 3 is 2.94 bits per heavy atom. The first-order chi connectivity index (χ1) is 15.4. The Balaban J connectivity index is 1.34. The van der Waals surface area contributed by atoms with Crippen LogP contribution in [0, 0.1) is 11.6 Å². The number of nitrogens with zero attached hydrogens (tertiary/aromatic N) is 5. The fraction of sp³-hybridized carbons (Fsp3) is 0.381. The van der Waals surface area contributed by atoms with Gasteiger partial charge in [-0.25, -0.2) is 18.4 Å². The summed E-state index contributed by atoms with van der Waals surface area (Å²) in [5.41, 5.74) is 1.28. The number of rotatable bonds is 3. The summed E-state index contributed by atoms with van der Waals surface area (Å²) in [6, 6.07) is 0.895. The van der Waals surface area contributed by atoms with Gasteiger partial charge in [0, 0.05) is 44.3 Å². The Labute approximate surface area is 181 Å². The Morgan fingerprint density at radius 1 is 1.31 bits per heavy atom. The van der Waals surface area contributed by atoms with Gasteiger partial charge in [-0.3, -0.25) is 14.3 Å². The van der Waals surface area contributed by atoms with Gasteiger partial charge in [0.1, 0.15) is 23.5 Å². The zero-order chi connectivity index (χ0) is 22.4. The number of aryl methyl sites for hydroxylation is 2. The number of hydrogen-bond acceptors (Lipinski definition) is 6. The van der Waals surface area contributed by atoms with Gasteiger partial charge in [0.05, 0.1) is 17.9 Å². The maximum atomic E-state index is 14.1. The summed E-state index contributed by atoms with van der Waals surface area (Å²) < 4.78 is 31.1. The number of amides is 1. The number of hydrogen-bond donors (Lipinski definition) is 2. The summed E-state index contributed by atoms with van der Waals surface area (Å²) in [4.78, 5) is 29.9. The van der Waals surface area contributed by atoms with Crippen molar-refractivity contribution in [1.29, 1.82) is 0 Å². The van der Waals surface area contributed by atoms with Crippen LogP contribution in [0.3, 0.4) is 0 Å². The largest absolute Gasteiger partial charge is 0.380 e. The van der Waals surface area contributed by atoms with Gasteiger partial charge in [-0.1, -0.05) is 0 Å². The van der Waals surface area contributed by atoms with E-state index in [2.05, 4.69) is 25.8 Å². The van der Waals surface area contributed by atoms with Crippen molar-refractivity contribution < 1.29 is 18.4 Å². The summed E-state index contributed by atoms with van der Waals surface area (Å²) >= 11 is 0. The molecule has 0 spiro atoms. The third-order valence-electron chi connectivity index (χ3n) is 5.87. The van der Waals surface area contributed by atoms with Crippen LogP contribution in [0.25, 0.3) is 0 Å². The molecule has 32 heavy (non-hydrogen) atoms. The molecule has 11 heteroatoms. The van der Waals surface area contributed by atoms with Crippen molar-refractivity contribution in [3.8, 4) is 0 Å². The molecule has 5 rings (SSSR count). The summed E-state index contributed by atoms with van der Waals surface area (Å²) in [6.07, 6.45) is 5.95. The van der Waals surface area contributed by atoms with E-state index >= 15 is 0 Å². The molecule has 0 saturated carbocycles. The number of benzene rings is 1. The van der Waals surface area contributed by atoms with E-state index in [0.717, 1.165) is 30.5 Å². The van der Waals surface area contributed by atoms with E-state index < -0.39 is 23.6 Å². The molecule has 4 heterocycles. The minimum Gasteiger partial charge on any atom is -0.380 e. The van der Waals surface area contributed by atoms with Crippen LogP contribution in [0.15, 0.2) is 24.5 Å². The number of halogens is 2. The van der Waals surface area contributed by atoms with E-state index in [1.807, 2.05) is 13.2 Å². The fourth-order valence-corrected chi connectivity index (χ4v) is 4.32. The van der Waals surface area contributed by atoms with Gasteiger partial charge in [-0.15, -0.1) is 5.10 Å². The highest BCUT2D eigenvalue weighted by Crippen LogP contribution is 2.29. The SMILES string of the molecule is Cn1cc(C2CCCc3nc(C(=O)N[C@H]4CNc5c(F)cc(F)cc5CC4=O)nn32)cn1. The van der Waals surface area contributed by atoms with Crippen LogP contribution in [0.2, 0.25) is 0 Å². The van der Waals surface area contributed by atoms with Crippen molar-refractivity contribution in [3.63, 3.8) is 0 Å². The van der Waals surface area contributed by atoms with Gasteiger partial charge in [0.25, 0.3) is 5.91 Å². The van der Waals surface area contributed by atoms with E-state index in [1.54, 1.807) is 15.6 Å². The van der Waals surface area contributed by atoms with E-state index in [-0.39, 0.29) is 41.9 Å². The molecule has 1 unspecified atom stereocenters. The summed E-state index contributed by atoms with van der Waals surface area (Å²) in [5.74, 6) is -1.80. The second-order valence-corrected chi connectivity index (χ2v) is 8.12. The molecule has 1 amide bonds. The molecule has 9 nitrogen and oxygen atoms in total. The number of carbonyl (C=O) groups is 2. The van der Waals surface area contributed by atoms with E-state index in [0.29, 0.717) is 12.2 Å². The Hall–Kier alpha value is -3.63. The Morgan fingerprint density at radius 2 is 2.16 bits per heavy atom. The predicted molar refractivity (Wildman–Crippen MR) is 109 cm³/mol. The monoisotopic (exact) mass is 441 g/mol. The van der Waals surface area contributed by atoms with Crippen molar-refractivity contribution >= 4 is 17.4 Å². The fourth-order valence-electron chi connectivity index (χ4n) is 4.32. The maximum Gasteiger partial charge on any atom is 0.291 e. The summed E-state index contributed by atoms with van der Waals surface area (Å²) in [7, 11) is 1.84. The molecule has 0 radical (unpaired) electrons. The van der Waals surface area contributed by atoms with E-state index in [9.17, 15) is 18.4 Å². The molecule has 166 valence electrons. The maximum absolute atomic E-state index is 14.1. The molecule has 1 aromatic carbocycles. The lowest BCUT2D eigenvalue weighted by atomic mass is 10.0. The first-order valence-electron chi connectivity index (χ1n) is 10.4. The highest BCUT2D eigenvalue weighted by Gasteiger charge is 2.31. The molecule has 0 aliphatic carbocycles. The molecule has 0 bridgehead atoms. The number of nitrogens with one attached hydrogen (secondary N) is 2. The molecule has 2 atom stereocenters. The number of aromatic nitrogens is 5. The lowest BCUT2D eigenvalue weighted by molar-refractivity contribution is -0.119. The highest BCUT2D eigenvalue weighted by atomic mass is 19.1. The van der Waals surface area contributed by atoms with Crippen molar-refractivity contribution in [2.45, 2.75) is 37.8 Å². The normalized spacial score (nSPS) is 20.2. The average Bonchev–Trinajstić information content (AvgIpc) is 3.34. The van der Waals surface area contributed by atoms with Crippen LogP contribution in [0.5, 0.6) is 0 Å². The molecule has 3 aromatic rings. The number of ketones is 1. The van der Waals surface area contributed by atoms with Crippen molar-refractivity contribution in [2.24, 2.45) is 7.05 Å². The standard InChI is InChI=1S/C21H21F2N7O2/c1-29-10-12(8-25-29)16-3-2-4-18-27-20(28-30(16)18)21(32)26-15-9-24-19-11(6-17(15)31)5-13(22)7-14(19)23/h5,7-8,10,15-16,24H,2-4,6,9H2,1H3,(H,26,32)/t15-,16?/m0/s1. The van der Waals surface area contributed by atoms with Gasteiger partial charge >= 0.3 is 0 Å². The van der Waals surface area contributed by atoms with Gasteiger partial charge in [0.15, 0.2) is 5.78 Å². The van der Waals surface area contributed by atoms with Crippen LogP contribution >= 0.6 is 0 Å². The number of anilines is 1. The first kappa shape index (κ1) is 20.3. The predicted octanol–water partition coefficient (Wildman–Crippen LogP) is 1.55. The third-order valence-corrected chi connectivity index (χ3v) is 5.87. The van der Waals surface area contributed by atoms with Crippen molar-refractivity contribution in [1.82, 2.24) is 29.9 Å². The lowest BCUT2D eigenvalue weighted by Crippen LogP contribution is -2.45. The zero-order valence-electron chi connectivity index (χ0n) is 17.3. The minimum atomic E-state index is -0.924. The molecule has 0 fully saturated rings. The Kier molecular flexibility index (Phi) is 4.95. The zero-order valence-corrected chi connectivity index (χ0v) is 17.3. The van der Waals surface area contributed by atoms with Crippen molar-refractivity contribution in [2.75, 3.05) is 11.9 Å². The average molecular weight is 441 g/mol. The van der Waals surface area contributed by atoms with Crippen LogP contribution in [-0.4, -0.2) is 48.8 Å². The smallest absolute Gasteiger partial charge is 0.291 e. The van der Waals surface area contributed by atoms with Crippen LogP contribution < -0.4 is 10.6 Å². The van der Waals surface area contributed by atoms with Crippen molar-refractivity contribution in [3.05, 3.63) is 58.9 Å². The van der Waals surface area contributed by atoms with Gasteiger partial charge in [0.2, 0.25) is 5.82 Å². The quantitative estimate of drug-likeness (QED) is 0.639. The minimum absolute atomic E-state index is 0.0218. The number of carbonyl (C=O) groups excluding carboxylic acids is 2. The number of fused-ring (bicyclic) bond motifs is 2. The van der Waals surface area contributed by atoms with Gasteiger partial charge in [-0.05, 0) is 24.5 Å². The Bertz CT molecular complexity index is 1220. The molecule has 2 aliphatic rings. The van der Waals surface area contributed by atoms with Crippen LogP contribution in [-0.2, 0) is 24.7 Å². The van der Waals surface area contributed by atoms with Gasteiger partial charge < -0.3 is 10.6 Å². The topological polar surface area (TPSA) is 107 Å². The lowest BCUT2D eigenvalue weighted by Gasteiger charge is -2.22. The first-order valence-corrected chi connectivity index (χ1v) is 10.4. The molecular formula is C21H21F2N7O2. The molecule has 0 saturated heterocycles. The molecular weight excluding hydrogens is 420 g/mol. The van der Waals surface area contributed by atoms with Gasteiger partial charge in [-0.2, -0.15) is 5.10 Å². The van der Waals surface area contributed by atoms with E-state index in [1.165, 1.54) is 0 Å². The van der Waals surface area contributed by atoms with E-state index in [4.69, 9.17) is 0 Å². The highest BCUT2D eigenvalue weighted by molar-refractivity contribution is 5.97. The second-order valence-electron chi connectivity index (χ2n) is 8.12. The third kappa shape index (κ3) is 3.63. The molecule has 2 aromatic heterocycles. The summed E-state index contributed by atoms with van der Waals surface area (Å²) in [6.45, 7) is -0.0218. The molecule has 2 aliphatic heterocycles. The number of Topliss-reactive ketones (excluding diaryl/α,β-unsaturated/α-hetero) is 1. The second kappa shape index (κ2) is 7.81. The summed E-state index contributed by atoms with van der Waals surface area (Å²) in [5, 5.41) is 14.1. The van der Waals surface area contributed by atoms with Crippen LogP contribution in [0.1, 0.15) is 46.5 Å². The van der Waals surface area contributed by atoms with Crippen LogP contribution in [0.4, 0.5) is 14.5 Å². The molecule has 2 N–H and O–H groups in total.